The Bertz CT molecular complexity index is 610. The van der Waals surface area contributed by atoms with Gasteiger partial charge in [-0.2, -0.15) is 0 Å². The van der Waals surface area contributed by atoms with Gasteiger partial charge in [-0.3, -0.25) is 0 Å². The number of aliphatic hydroxyl groups is 3. The highest BCUT2D eigenvalue weighted by molar-refractivity contribution is 7.50. The van der Waals surface area contributed by atoms with Gasteiger partial charge in [-0.1, -0.05) is 27.7 Å². The highest BCUT2D eigenvalue weighted by atomic mass is 31.2. The Morgan fingerprint density at radius 1 is 0.750 bits per heavy atom. The van der Waals surface area contributed by atoms with E-state index in [0.717, 1.165) is 0 Å². The van der Waals surface area contributed by atoms with Gasteiger partial charge in [0.2, 0.25) is 27.9 Å². The molecule has 2 bridgehead atoms. The van der Waals surface area contributed by atoms with Crippen molar-refractivity contribution >= 4 is 16.8 Å². The SMILES string of the molecule is CC1(C)COP([C@@]2(O)[C@H]3CO[C@@H]2[C@](O)(P2OCC(C)(C)CO2)[C@@](C)(O)O3)OC1. The highest BCUT2D eigenvalue weighted by Gasteiger charge is 2.78. The van der Waals surface area contributed by atoms with Crippen molar-refractivity contribution in [2.24, 2.45) is 10.8 Å². The summed E-state index contributed by atoms with van der Waals surface area (Å²) in [7, 11) is -3.89. The molecule has 28 heavy (non-hydrogen) atoms. The van der Waals surface area contributed by atoms with E-state index < -0.39 is 45.4 Å². The third-order valence-electron chi connectivity index (χ3n) is 5.56. The Balaban J connectivity index is 1.65. The summed E-state index contributed by atoms with van der Waals surface area (Å²) in [6.45, 7) is 10.8. The summed E-state index contributed by atoms with van der Waals surface area (Å²) >= 11 is 0. The van der Waals surface area contributed by atoms with Gasteiger partial charge in [0.25, 0.3) is 0 Å². The minimum absolute atomic E-state index is 0.0107. The third-order valence-corrected chi connectivity index (χ3v) is 9.32. The van der Waals surface area contributed by atoms with Crippen LogP contribution in [0.15, 0.2) is 0 Å². The zero-order valence-electron chi connectivity index (χ0n) is 16.9. The fraction of sp³-hybridized carbons (Fsp3) is 1.00. The van der Waals surface area contributed by atoms with E-state index in [2.05, 4.69) is 0 Å². The van der Waals surface area contributed by atoms with Gasteiger partial charge in [-0.15, -0.1) is 0 Å². The van der Waals surface area contributed by atoms with E-state index in [-0.39, 0.29) is 17.4 Å². The van der Waals surface area contributed by atoms with Crippen molar-refractivity contribution in [3.8, 4) is 0 Å². The first-order chi connectivity index (χ1) is 12.8. The zero-order valence-corrected chi connectivity index (χ0v) is 18.7. The molecule has 9 nitrogen and oxygen atoms in total. The molecule has 0 aromatic heterocycles. The number of rotatable bonds is 2. The van der Waals surface area contributed by atoms with Crippen LogP contribution in [-0.2, 0) is 27.6 Å². The molecule has 4 aliphatic rings. The molecule has 0 spiro atoms. The van der Waals surface area contributed by atoms with Gasteiger partial charge in [0.15, 0.2) is 5.34 Å². The summed E-state index contributed by atoms with van der Waals surface area (Å²) in [5, 5.41) is 30.4. The number of hydrogen-bond donors (Lipinski definition) is 3. The number of ether oxygens (including phenoxy) is 2. The van der Waals surface area contributed by atoms with E-state index >= 15 is 0 Å². The van der Waals surface area contributed by atoms with Crippen LogP contribution >= 0.6 is 16.8 Å². The number of fused-ring (bicyclic) bond motifs is 2. The molecule has 0 saturated carbocycles. The predicted molar refractivity (Wildman–Crippen MR) is 100 cm³/mol. The molecule has 4 fully saturated rings. The quantitative estimate of drug-likeness (QED) is 0.551. The van der Waals surface area contributed by atoms with Gasteiger partial charge in [0.05, 0.1) is 33.0 Å². The van der Waals surface area contributed by atoms with Crippen LogP contribution in [0.2, 0.25) is 0 Å². The first-order valence-corrected chi connectivity index (χ1v) is 11.8. The fourth-order valence-corrected chi connectivity index (χ4v) is 8.31. The molecule has 0 aliphatic carbocycles. The van der Waals surface area contributed by atoms with Gasteiger partial charge < -0.3 is 42.9 Å². The van der Waals surface area contributed by atoms with Gasteiger partial charge in [-0.25, -0.2) is 0 Å². The Kier molecular flexibility index (Phi) is 5.23. The molecule has 0 unspecified atom stereocenters. The highest BCUT2D eigenvalue weighted by Crippen LogP contribution is 2.71. The van der Waals surface area contributed by atoms with Crippen molar-refractivity contribution in [1.29, 1.82) is 0 Å². The van der Waals surface area contributed by atoms with Crippen molar-refractivity contribution in [3.63, 3.8) is 0 Å². The maximum Gasteiger partial charge on any atom is 0.217 e. The standard InChI is InChI=1S/C17H30O9P2/c1-13(2)7-22-27(23-8-13)16(19)11-6-21-12(16)17(20,15(5,18)26-11)28-24-9-14(3,4)10-25-28/h11-12,18-20H,6-10H2,1-5H3/t11-,12+,15+,16+,17+/m1/s1. The second-order valence-electron chi connectivity index (χ2n) is 9.75. The van der Waals surface area contributed by atoms with Crippen molar-refractivity contribution in [2.75, 3.05) is 33.0 Å². The molecule has 4 aliphatic heterocycles. The molecule has 5 atom stereocenters. The van der Waals surface area contributed by atoms with Crippen LogP contribution in [0.5, 0.6) is 0 Å². The Hall–Kier alpha value is 0.500. The Morgan fingerprint density at radius 3 is 1.71 bits per heavy atom. The van der Waals surface area contributed by atoms with Crippen LogP contribution in [0.3, 0.4) is 0 Å². The molecule has 11 heteroatoms. The Labute approximate surface area is 167 Å². The lowest BCUT2D eigenvalue weighted by atomic mass is 9.94. The minimum atomic E-state index is -2.12. The molecule has 3 N–H and O–H groups in total. The summed E-state index contributed by atoms with van der Waals surface area (Å²) in [5.41, 5.74) is -0.408. The molecule has 0 radical (unpaired) electrons. The zero-order chi connectivity index (χ0) is 20.6. The van der Waals surface area contributed by atoms with Crippen molar-refractivity contribution in [2.45, 2.75) is 63.3 Å². The van der Waals surface area contributed by atoms with Gasteiger partial charge >= 0.3 is 0 Å². The summed E-state index contributed by atoms with van der Waals surface area (Å²) in [5.74, 6) is -2.04. The lowest BCUT2D eigenvalue weighted by Gasteiger charge is -2.57. The first kappa shape index (κ1) is 21.7. The Morgan fingerprint density at radius 2 is 1.21 bits per heavy atom. The number of hydrogen-bond acceptors (Lipinski definition) is 9. The van der Waals surface area contributed by atoms with E-state index in [4.69, 9.17) is 27.6 Å². The third kappa shape index (κ3) is 3.19. The van der Waals surface area contributed by atoms with E-state index in [1.165, 1.54) is 6.92 Å². The van der Waals surface area contributed by atoms with Crippen LogP contribution < -0.4 is 0 Å². The van der Waals surface area contributed by atoms with Gasteiger partial charge in [0, 0.05) is 10.8 Å². The second-order valence-corrected chi connectivity index (χ2v) is 13.2. The predicted octanol–water partition coefficient (Wildman–Crippen LogP) is 1.64. The van der Waals surface area contributed by atoms with Crippen molar-refractivity contribution < 1.29 is 42.9 Å². The lowest BCUT2D eigenvalue weighted by Crippen LogP contribution is -2.72. The molecule has 4 rings (SSSR count). The van der Waals surface area contributed by atoms with E-state index in [0.29, 0.717) is 26.4 Å². The van der Waals surface area contributed by atoms with Crippen LogP contribution in [0.25, 0.3) is 0 Å². The van der Waals surface area contributed by atoms with E-state index in [1.54, 1.807) is 0 Å². The van der Waals surface area contributed by atoms with Gasteiger partial charge in [-0.05, 0) is 6.92 Å². The maximum atomic E-state index is 11.7. The van der Waals surface area contributed by atoms with Crippen molar-refractivity contribution in [1.82, 2.24) is 0 Å². The molecule has 0 aromatic rings. The van der Waals surface area contributed by atoms with E-state index in [1.807, 2.05) is 27.7 Å². The minimum Gasteiger partial charge on any atom is -0.376 e. The summed E-state index contributed by atoms with van der Waals surface area (Å²) < 4.78 is 34.9. The molecule has 0 amide bonds. The van der Waals surface area contributed by atoms with Crippen LogP contribution in [-0.4, -0.2) is 77.0 Å². The monoisotopic (exact) mass is 440 g/mol. The van der Waals surface area contributed by atoms with Crippen molar-refractivity contribution in [3.05, 3.63) is 0 Å². The molecular formula is C17H30O9P2. The van der Waals surface area contributed by atoms with Crippen LogP contribution in [0.4, 0.5) is 0 Å². The molecule has 4 heterocycles. The molecular weight excluding hydrogens is 410 g/mol. The maximum absolute atomic E-state index is 11.7. The molecule has 0 aromatic carbocycles. The smallest absolute Gasteiger partial charge is 0.217 e. The first-order valence-electron chi connectivity index (χ1n) is 9.41. The summed E-state index contributed by atoms with van der Waals surface area (Å²) in [6.07, 6.45) is -2.15. The molecule has 162 valence electrons. The van der Waals surface area contributed by atoms with E-state index in [9.17, 15) is 15.3 Å². The largest absolute Gasteiger partial charge is 0.376 e. The summed E-state index contributed by atoms with van der Waals surface area (Å²) in [6, 6.07) is 0. The topological polar surface area (TPSA) is 116 Å². The molecule has 4 saturated heterocycles. The fourth-order valence-electron chi connectivity index (χ4n) is 3.71. The van der Waals surface area contributed by atoms with Gasteiger partial charge in [0.1, 0.15) is 12.2 Å². The average molecular weight is 440 g/mol. The summed E-state index contributed by atoms with van der Waals surface area (Å²) in [4.78, 5) is 0. The lowest BCUT2D eigenvalue weighted by molar-refractivity contribution is -0.335. The average Bonchev–Trinajstić information content (AvgIpc) is 2.85. The van der Waals surface area contributed by atoms with Crippen LogP contribution in [0, 0.1) is 10.8 Å². The van der Waals surface area contributed by atoms with Crippen LogP contribution in [0.1, 0.15) is 34.6 Å². The second kappa shape index (κ2) is 6.75. The normalized spacial score (nSPS) is 49.3.